The van der Waals surface area contributed by atoms with Crippen LogP contribution < -0.4 is 5.32 Å². The molecule has 0 aromatic carbocycles. The fraction of sp³-hybridized carbons (Fsp3) is 0.731. The fourth-order valence-corrected chi connectivity index (χ4v) is 8.38. The van der Waals surface area contributed by atoms with Gasteiger partial charge in [-0.05, 0) is 87.0 Å². The van der Waals surface area contributed by atoms with Crippen LogP contribution in [0.25, 0.3) is 0 Å². The Morgan fingerprint density at radius 3 is 2.31 bits per heavy atom. The van der Waals surface area contributed by atoms with E-state index in [1.807, 2.05) is 6.92 Å². The minimum atomic E-state index is -0.172. The highest BCUT2D eigenvalue weighted by Crippen LogP contribution is 2.71. The Morgan fingerprint density at radius 2 is 1.66 bits per heavy atom. The zero-order valence-corrected chi connectivity index (χ0v) is 18.4. The van der Waals surface area contributed by atoms with Gasteiger partial charge in [-0.2, -0.15) is 0 Å². The number of rotatable bonds is 5. The number of hydrogen-bond acceptors (Lipinski definition) is 2. The molecule has 3 heterocycles. The lowest BCUT2D eigenvalue weighted by atomic mass is 9.38. The SMILES string of the molecule is C=C(/C=C\C=C/C)[C@]12CC3CC(C(=O)NC45CCN(CC4)CC5)(C[C@](C)(C3)C1)C2. The highest BCUT2D eigenvalue weighted by atomic mass is 16.2. The van der Waals surface area contributed by atoms with Crippen LogP contribution in [-0.4, -0.2) is 36.0 Å². The summed E-state index contributed by atoms with van der Waals surface area (Å²) in [6.07, 6.45) is 18.9. The largest absolute Gasteiger partial charge is 0.350 e. The third-order valence-corrected chi connectivity index (χ3v) is 9.21. The average molecular weight is 395 g/mol. The van der Waals surface area contributed by atoms with Crippen molar-refractivity contribution in [3.05, 3.63) is 36.5 Å². The molecule has 3 aliphatic heterocycles. The first kappa shape index (κ1) is 19.6. The van der Waals surface area contributed by atoms with E-state index in [-0.39, 0.29) is 16.4 Å². The van der Waals surface area contributed by atoms with Gasteiger partial charge >= 0.3 is 0 Å². The molecule has 1 amide bonds. The molecular formula is C26H38N2O. The van der Waals surface area contributed by atoms with Crippen molar-refractivity contribution >= 4 is 5.91 Å². The first-order valence-electron chi connectivity index (χ1n) is 11.8. The number of piperidine rings is 3. The second-order valence-corrected chi connectivity index (χ2v) is 11.6. The summed E-state index contributed by atoms with van der Waals surface area (Å²) in [5.41, 5.74) is 1.58. The summed E-state index contributed by atoms with van der Waals surface area (Å²) in [6, 6.07) is 0. The van der Waals surface area contributed by atoms with E-state index in [0.29, 0.717) is 17.2 Å². The van der Waals surface area contributed by atoms with Gasteiger partial charge in [0.1, 0.15) is 0 Å². The molecule has 4 atom stereocenters. The van der Waals surface area contributed by atoms with Crippen LogP contribution in [0.5, 0.6) is 0 Å². The van der Waals surface area contributed by atoms with E-state index in [0.717, 1.165) is 58.2 Å². The molecule has 0 aromatic heterocycles. The van der Waals surface area contributed by atoms with E-state index in [2.05, 4.69) is 48.0 Å². The van der Waals surface area contributed by atoms with Gasteiger partial charge in [0.2, 0.25) is 5.91 Å². The van der Waals surface area contributed by atoms with Crippen LogP contribution in [0.2, 0.25) is 0 Å². The molecule has 4 saturated carbocycles. The van der Waals surface area contributed by atoms with Gasteiger partial charge in [-0.15, -0.1) is 0 Å². The number of carbonyl (C=O) groups is 1. The highest BCUT2D eigenvalue weighted by Gasteiger charge is 2.65. The molecule has 0 radical (unpaired) electrons. The molecule has 4 aliphatic carbocycles. The maximum atomic E-state index is 13.9. The molecular weight excluding hydrogens is 356 g/mol. The third kappa shape index (κ3) is 3.15. The Kier molecular flexibility index (Phi) is 4.44. The van der Waals surface area contributed by atoms with Crippen LogP contribution >= 0.6 is 0 Å². The van der Waals surface area contributed by atoms with Crippen molar-refractivity contribution < 1.29 is 4.79 Å². The van der Waals surface area contributed by atoms with E-state index in [4.69, 9.17) is 0 Å². The zero-order chi connectivity index (χ0) is 20.3. The molecule has 6 bridgehead atoms. The highest BCUT2D eigenvalue weighted by molar-refractivity contribution is 5.84. The summed E-state index contributed by atoms with van der Waals surface area (Å²) in [5.74, 6) is 1.07. The van der Waals surface area contributed by atoms with Crippen LogP contribution in [0.4, 0.5) is 0 Å². The smallest absolute Gasteiger partial charge is 0.226 e. The van der Waals surface area contributed by atoms with Crippen molar-refractivity contribution in [3.63, 3.8) is 0 Å². The average Bonchev–Trinajstić information content (AvgIpc) is 2.67. The molecule has 7 fully saturated rings. The fourth-order valence-electron chi connectivity index (χ4n) is 8.38. The van der Waals surface area contributed by atoms with Crippen LogP contribution in [0.15, 0.2) is 36.5 Å². The van der Waals surface area contributed by atoms with Crippen molar-refractivity contribution in [2.24, 2.45) is 22.2 Å². The van der Waals surface area contributed by atoms with Gasteiger partial charge in [0, 0.05) is 25.2 Å². The molecule has 7 aliphatic rings. The maximum Gasteiger partial charge on any atom is 0.226 e. The van der Waals surface area contributed by atoms with E-state index in [1.54, 1.807) is 0 Å². The van der Waals surface area contributed by atoms with Crippen molar-refractivity contribution in [2.75, 3.05) is 19.6 Å². The van der Waals surface area contributed by atoms with E-state index >= 15 is 0 Å². The van der Waals surface area contributed by atoms with Gasteiger partial charge in [-0.1, -0.05) is 37.8 Å². The minimum Gasteiger partial charge on any atom is -0.350 e. The molecule has 7 rings (SSSR count). The number of amides is 1. The second-order valence-electron chi connectivity index (χ2n) is 11.6. The third-order valence-electron chi connectivity index (χ3n) is 9.21. The molecule has 0 aromatic rings. The van der Waals surface area contributed by atoms with Gasteiger partial charge < -0.3 is 10.2 Å². The number of nitrogens with zero attached hydrogens (tertiary/aromatic N) is 1. The van der Waals surface area contributed by atoms with Gasteiger partial charge in [0.25, 0.3) is 0 Å². The number of carbonyl (C=O) groups excluding carboxylic acids is 1. The molecule has 1 N–H and O–H groups in total. The number of allylic oxidation sites excluding steroid dienone is 5. The summed E-state index contributed by atoms with van der Waals surface area (Å²) >= 11 is 0. The van der Waals surface area contributed by atoms with Crippen LogP contribution in [0.3, 0.4) is 0 Å². The first-order valence-corrected chi connectivity index (χ1v) is 11.8. The van der Waals surface area contributed by atoms with Gasteiger partial charge in [0.15, 0.2) is 0 Å². The summed E-state index contributed by atoms with van der Waals surface area (Å²) in [4.78, 5) is 16.5. The lowest BCUT2D eigenvalue weighted by Gasteiger charge is -2.66. The molecule has 3 heteroatoms. The van der Waals surface area contributed by atoms with Crippen LogP contribution in [-0.2, 0) is 4.79 Å². The second kappa shape index (κ2) is 6.57. The Morgan fingerprint density at radius 1 is 1.00 bits per heavy atom. The summed E-state index contributed by atoms with van der Waals surface area (Å²) in [7, 11) is 0. The van der Waals surface area contributed by atoms with Crippen molar-refractivity contribution in [1.82, 2.24) is 10.2 Å². The molecule has 29 heavy (non-hydrogen) atoms. The summed E-state index contributed by atoms with van der Waals surface area (Å²) < 4.78 is 0. The summed E-state index contributed by atoms with van der Waals surface area (Å²) in [5, 5.41) is 3.68. The lowest BCUT2D eigenvalue weighted by Crippen LogP contribution is -2.66. The quantitative estimate of drug-likeness (QED) is 0.665. The number of nitrogens with one attached hydrogen (secondary N) is 1. The van der Waals surface area contributed by atoms with E-state index in [9.17, 15) is 4.79 Å². The van der Waals surface area contributed by atoms with Gasteiger partial charge in [-0.3, -0.25) is 4.79 Å². The van der Waals surface area contributed by atoms with Gasteiger partial charge in [0.05, 0.1) is 5.41 Å². The topological polar surface area (TPSA) is 32.3 Å². The predicted molar refractivity (Wildman–Crippen MR) is 118 cm³/mol. The van der Waals surface area contributed by atoms with E-state index < -0.39 is 0 Å². The molecule has 0 spiro atoms. The molecule has 3 saturated heterocycles. The number of hydrogen-bond donors (Lipinski definition) is 1. The van der Waals surface area contributed by atoms with Crippen LogP contribution in [0.1, 0.15) is 71.6 Å². The van der Waals surface area contributed by atoms with Gasteiger partial charge in [-0.25, -0.2) is 0 Å². The number of fused-ring (bicyclic) bond motifs is 3. The Hall–Kier alpha value is -1.35. The standard InChI is InChI=1S/C26H38N2O/c1-4-5-6-7-20(2)24-15-21-14-23(3,17-24)18-25(16-21,19-24)22(29)27-26-8-11-28(12-9-26)13-10-26/h4-7,21H,2,8-19H2,1,3H3,(H,27,29)/b5-4-,7-6-/t21?,23-,24-,25?/m1/s1. The molecule has 158 valence electrons. The van der Waals surface area contributed by atoms with Crippen LogP contribution in [0, 0.1) is 22.2 Å². The lowest BCUT2D eigenvalue weighted by molar-refractivity contribution is -0.169. The summed E-state index contributed by atoms with van der Waals surface area (Å²) in [6.45, 7) is 12.5. The minimum absolute atomic E-state index is 0.0755. The molecule has 2 unspecified atom stereocenters. The Balaban J connectivity index is 1.42. The Labute approximate surface area is 176 Å². The first-order chi connectivity index (χ1) is 13.8. The van der Waals surface area contributed by atoms with E-state index in [1.165, 1.54) is 24.8 Å². The van der Waals surface area contributed by atoms with Crippen molar-refractivity contribution in [1.29, 1.82) is 0 Å². The van der Waals surface area contributed by atoms with Crippen molar-refractivity contribution in [3.8, 4) is 0 Å². The molecule has 3 nitrogen and oxygen atoms in total. The predicted octanol–water partition coefficient (Wildman–Crippen LogP) is 5.01. The normalized spacial score (nSPS) is 47.9. The zero-order valence-electron chi connectivity index (χ0n) is 18.4. The van der Waals surface area contributed by atoms with Crippen molar-refractivity contribution in [2.45, 2.75) is 77.2 Å². The monoisotopic (exact) mass is 394 g/mol. The Bertz CT molecular complexity index is 760. The maximum absolute atomic E-state index is 13.9.